The standard InChI is InChI=1S/C12H7BrF3NO3/c1-17-8(9(18)12(14,15)16)11(19)20-10(17)6-3-2-4-7(13)5-6/h2-5H,1H3/p+1. The topological polar surface area (TPSA) is 54.3 Å². The van der Waals surface area contributed by atoms with E-state index < -0.39 is 23.6 Å². The maximum Gasteiger partial charge on any atom is 0.461 e. The number of Topliss-reactive ketones (excluding diaryl/α,β-unsaturated/α-hetero) is 1. The molecule has 0 unspecified atom stereocenters. The number of benzene rings is 1. The van der Waals surface area contributed by atoms with Crippen LogP contribution >= 0.6 is 15.9 Å². The van der Waals surface area contributed by atoms with Crippen LogP contribution in [0.2, 0.25) is 0 Å². The SMILES string of the molecule is C[n+]1c(-c2cccc(Br)c2)oc(O)c1C(=O)C(F)(F)F. The van der Waals surface area contributed by atoms with Crippen molar-refractivity contribution in [2.24, 2.45) is 7.05 Å². The van der Waals surface area contributed by atoms with Crippen LogP contribution in [-0.4, -0.2) is 17.1 Å². The van der Waals surface area contributed by atoms with E-state index in [4.69, 9.17) is 4.42 Å². The predicted molar refractivity (Wildman–Crippen MR) is 65.1 cm³/mol. The zero-order chi connectivity index (χ0) is 15.1. The summed E-state index contributed by atoms with van der Waals surface area (Å²) in [6.45, 7) is 0. The number of nitrogens with zero attached hydrogens (tertiary/aromatic N) is 1. The van der Waals surface area contributed by atoms with Crippen LogP contribution in [0.3, 0.4) is 0 Å². The molecule has 0 saturated carbocycles. The van der Waals surface area contributed by atoms with Gasteiger partial charge in [0.05, 0.1) is 5.56 Å². The van der Waals surface area contributed by atoms with E-state index >= 15 is 0 Å². The van der Waals surface area contributed by atoms with Gasteiger partial charge in [0.25, 0.3) is 0 Å². The zero-order valence-electron chi connectivity index (χ0n) is 10.0. The lowest BCUT2D eigenvalue weighted by Gasteiger charge is -1.99. The molecule has 8 heteroatoms. The van der Waals surface area contributed by atoms with Crippen molar-refractivity contribution >= 4 is 21.7 Å². The number of aromatic nitrogens is 1. The Bertz CT molecular complexity index is 679. The van der Waals surface area contributed by atoms with E-state index in [1.807, 2.05) is 0 Å². The molecule has 0 aliphatic rings. The molecule has 0 atom stereocenters. The van der Waals surface area contributed by atoms with E-state index in [9.17, 15) is 23.1 Å². The van der Waals surface area contributed by atoms with Gasteiger partial charge in [-0.15, -0.1) is 0 Å². The van der Waals surface area contributed by atoms with Gasteiger partial charge < -0.3 is 9.52 Å². The Morgan fingerprint density at radius 3 is 2.60 bits per heavy atom. The van der Waals surface area contributed by atoms with Crippen LogP contribution < -0.4 is 4.57 Å². The van der Waals surface area contributed by atoms with Crippen molar-refractivity contribution in [3.8, 4) is 17.4 Å². The zero-order valence-corrected chi connectivity index (χ0v) is 11.6. The van der Waals surface area contributed by atoms with E-state index in [1.165, 1.54) is 7.05 Å². The van der Waals surface area contributed by atoms with Gasteiger partial charge in [-0.05, 0) is 18.2 Å². The maximum atomic E-state index is 12.4. The first-order valence-electron chi connectivity index (χ1n) is 5.31. The summed E-state index contributed by atoms with van der Waals surface area (Å²) in [4.78, 5) is 11.2. The third-order valence-corrected chi connectivity index (χ3v) is 3.07. The van der Waals surface area contributed by atoms with Crippen molar-refractivity contribution in [1.82, 2.24) is 0 Å². The van der Waals surface area contributed by atoms with Crippen LogP contribution in [0.4, 0.5) is 13.2 Å². The number of hydrogen-bond acceptors (Lipinski definition) is 3. The van der Waals surface area contributed by atoms with Crippen molar-refractivity contribution in [1.29, 1.82) is 0 Å². The molecule has 0 amide bonds. The predicted octanol–water partition coefficient (Wildman–Crippen LogP) is 2.98. The second-order valence-electron chi connectivity index (χ2n) is 3.96. The second-order valence-corrected chi connectivity index (χ2v) is 4.87. The molecule has 1 heterocycles. The van der Waals surface area contributed by atoms with Crippen molar-refractivity contribution in [3.05, 3.63) is 34.4 Å². The lowest BCUT2D eigenvalue weighted by Crippen LogP contribution is -2.39. The third-order valence-electron chi connectivity index (χ3n) is 2.58. The van der Waals surface area contributed by atoms with Crippen molar-refractivity contribution in [2.75, 3.05) is 0 Å². The molecule has 2 rings (SSSR count). The first-order valence-corrected chi connectivity index (χ1v) is 6.10. The van der Waals surface area contributed by atoms with Crippen LogP contribution in [0, 0.1) is 0 Å². The number of rotatable bonds is 2. The second kappa shape index (κ2) is 4.93. The molecule has 0 aliphatic carbocycles. The summed E-state index contributed by atoms with van der Waals surface area (Å²) in [5, 5.41) is 9.46. The largest absolute Gasteiger partial charge is 0.476 e. The normalized spacial score (nSPS) is 11.7. The first kappa shape index (κ1) is 14.6. The highest BCUT2D eigenvalue weighted by Crippen LogP contribution is 2.30. The lowest BCUT2D eigenvalue weighted by atomic mass is 10.2. The molecule has 0 spiro atoms. The summed E-state index contributed by atoms with van der Waals surface area (Å²) >= 11 is 3.21. The van der Waals surface area contributed by atoms with Gasteiger partial charge in [-0.3, -0.25) is 4.79 Å². The highest BCUT2D eigenvalue weighted by atomic mass is 79.9. The van der Waals surface area contributed by atoms with Gasteiger partial charge in [0.15, 0.2) is 0 Å². The van der Waals surface area contributed by atoms with E-state index in [0.717, 1.165) is 4.57 Å². The number of aromatic hydroxyl groups is 1. The molecule has 0 aliphatic heterocycles. The molecule has 0 saturated heterocycles. The number of carbonyl (C=O) groups is 1. The highest BCUT2D eigenvalue weighted by Gasteiger charge is 2.49. The van der Waals surface area contributed by atoms with Crippen molar-refractivity contribution in [3.63, 3.8) is 0 Å². The molecular formula is C12H8BrF3NO3+. The Labute approximate surface area is 119 Å². The fourth-order valence-corrected chi connectivity index (χ4v) is 2.11. The Kier molecular flexibility index (Phi) is 3.59. The molecule has 4 nitrogen and oxygen atoms in total. The molecule has 1 aromatic carbocycles. The molecule has 1 N–H and O–H groups in total. The summed E-state index contributed by atoms with van der Waals surface area (Å²) in [6, 6.07) is 6.52. The van der Waals surface area contributed by atoms with E-state index in [2.05, 4.69) is 15.9 Å². The van der Waals surface area contributed by atoms with Crippen LogP contribution in [-0.2, 0) is 7.05 Å². The van der Waals surface area contributed by atoms with Crippen LogP contribution in [0.15, 0.2) is 33.2 Å². The van der Waals surface area contributed by atoms with Crippen LogP contribution in [0.5, 0.6) is 5.95 Å². The maximum absolute atomic E-state index is 12.4. The smallest absolute Gasteiger partial charge is 0.461 e. The van der Waals surface area contributed by atoms with Gasteiger partial charge in [-0.1, -0.05) is 22.0 Å². The van der Waals surface area contributed by atoms with Gasteiger partial charge in [0.1, 0.15) is 7.05 Å². The lowest BCUT2D eigenvalue weighted by molar-refractivity contribution is -0.664. The van der Waals surface area contributed by atoms with E-state index in [-0.39, 0.29) is 5.89 Å². The average molecular weight is 351 g/mol. The summed E-state index contributed by atoms with van der Waals surface area (Å²) in [6.07, 6.45) is -5.09. The fraction of sp³-hybridized carbons (Fsp3) is 0.167. The first-order chi connectivity index (χ1) is 9.21. The molecule has 0 fully saturated rings. The number of hydrogen-bond donors (Lipinski definition) is 1. The minimum absolute atomic E-state index is 0.0589. The van der Waals surface area contributed by atoms with Gasteiger partial charge in [0.2, 0.25) is 0 Å². The summed E-state index contributed by atoms with van der Waals surface area (Å²) in [5.74, 6) is -3.29. The highest BCUT2D eigenvalue weighted by molar-refractivity contribution is 9.10. The van der Waals surface area contributed by atoms with E-state index in [1.54, 1.807) is 24.3 Å². The van der Waals surface area contributed by atoms with Crippen LogP contribution in [0.25, 0.3) is 11.5 Å². The quantitative estimate of drug-likeness (QED) is 0.669. The summed E-state index contributed by atoms with van der Waals surface area (Å²) < 4.78 is 43.8. The number of alkyl halides is 3. The number of halogens is 4. The van der Waals surface area contributed by atoms with Crippen LogP contribution in [0.1, 0.15) is 10.5 Å². The fourth-order valence-electron chi connectivity index (χ4n) is 1.71. The summed E-state index contributed by atoms with van der Waals surface area (Å²) in [5.41, 5.74) is -0.522. The van der Waals surface area contributed by atoms with E-state index in [0.29, 0.717) is 10.0 Å². The molecule has 2 aromatic rings. The number of carbonyl (C=O) groups excluding carboxylic acids is 1. The van der Waals surface area contributed by atoms with Gasteiger partial charge in [-0.25, -0.2) is 0 Å². The minimum atomic E-state index is -5.09. The molecular weight excluding hydrogens is 343 g/mol. The van der Waals surface area contributed by atoms with Gasteiger partial charge in [0, 0.05) is 4.47 Å². The Balaban J connectivity index is 2.58. The molecule has 0 radical (unpaired) electrons. The van der Waals surface area contributed by atoms with Crippen molar-refractivity contribution < 1.29 is 32.1 Å². The average Bonchev–Trinajstić information content (AvgIpc) is 2.63. The number of ketones is 1. The Morgan fingerprint density at radius 1 is 1.40 bits per heavy atom. The monoisotopic (exact) mass is 350 g/mol. The van der Waals surface area contributed by atoms with Gasteiger partial charge in [-0.2, -0.15) is 17.7 Å². The molecule has 0 bridgehead atoms. The molecule has 20 heavy (non-hydrogen) atoms. The molecule has 106 valence electrons. The Morgan fingerprint density at radius 2 is 2.05 bits per heavy atom. The number of oxazole rings is 1. The molecule has 1 aromatic heterocycles. The van der Waals surface area contributed by atoms with Crippen molar-refractivity contribution in [2.45, 2.75) is 6.18 Å². The Hall–Kier alpha value is -1.83. The third kappa shape index (κ3) is 2.55. The van der Waals surface area contributed by atoms with Gasteiger partial charge >= 0.3 is 29.5 Å². The summed E-state index contributed by atoms with van der Waals surface area (Å²) in [7, 11) is 1.21. The minimum Gasteiger partial charge on any atom is -0.476 e.